The van der Waals surface area contributed by atoms with Crippen LogP contribution in [-0.2, 0) is 30.5 Å². The Balaban J connectivity index is 1.41. The molecule has 8 nitrogen and oxygen atoms in total. The zero-order valence-corrected chi connectivity index (χ0v) is 22.5. The molecule has 0 atom stereocenters. The molecule has 0 unspecified atom stereocenters. The summed E-state index contributed by atoms with van der Waals surface area (Å²) in [5.74, 6) is -0.129. The number of benzene rings is 1. The second-order valence-corrected chi connectivity index (χ2v) is 11.8. The zero-order chi connectivity index (χ0) is 27.0. The first-order valence-electron chi connectivity index (χ1n) is 12.8. The van der Waals surface area contributed by atoms with Crippen LogP contribution in [-0.4, -0.2) is 68.9 Å². The van der Waals surface area contributed by atoms with Crippen molar-refractivity contribution < 1.29 is 22.7 Å². The Labute approximate surface area is 224 Å². The van der Waals surface area contributed by atoms with Crippen LogP contribution in [0.4, 0.5) is 0 Å². The van der Waals surface area contributed by atoms with Gasteiger partial charge in [0.15, 0.2) is 14.6 Å². The van der Waals surface area contributed by atoms with Gasteiger partial charge in [-0.2, -0.15) is 0 Å². The number of amides is 1. The number of ether oxygens (including phenoxy) is 2. The van der Waals surface area contributed by atoms with Gasteiger partial charge in [0, 0.05) is 52.0 Å². The predicted octanol–water partition coefficient (Wildman–Crippen LogP) is 3.42. The van der Waals surface area contributed by atoms with Crippen LogP contribution in [0.2, 0.25) is 0 Å². The predicted molar refractivity (Wildman–Crippen MR) is 148 cm³/mol. The Bertz CT molecular complexity index is 1310. The molecule has 4 rings (SSSR count). The molecule has 0 spiro atoms. The van der Waals surface area contributed by atoms with Gasteiger partial charge in [-0.15, -0.1) is 0 Å². The van der Waals surface area contributed by atoms with Gasteiger partial charge in [0.05, 0.1) is 23.9 Å². The molecule has 38 heavy (non-hydrogen) atoms. The second-order valence-electron chi connectivity index (χ2n) is 9.54. The van der Waals surface area contributed by atoms with E-state index in [1.54, 1.807) is 37.7 Å². The van der Waals surface area contributed by atoms with Crippen LogP contribution in [0.15, 0.2) is 83.8 Å². The number of primary amides is 1. The molecule has 0 radical (unpaired) electrons. The molecule has 0 bridgehead atoms. The molecular formula is C29H35N3O5S. The number of likely N-dealkylation sites (tertiary alicyclic amines) is 1. The van der Waals surface area contributed by atoms with Crippen LogP contribution in [0.3, 0.4) is 0 Å². The molecule has 1 fully saturated rings. The van der Waals surface area contributed by atoms with Gasteiger partial charge in [0.25, 0.3) is 0 Å². The van der Waals surface area contributed by atoms with Gasteiger partial charge in [0.2, 0.25) is 5.91 Å². The minimum Gasteiger partial charge on any atom is -0.497 e. The van der Waals surface area contributed by atoms with Crippen molar-refractivity contribution in [1.29, 1.82) is 0 Å². The van der Waals surface area contributed by atoms with E-state index in [-0.39, 0.29) is 17.7 Å². The van der Waals surface area contributed by atoms with Crippen LogP contribution >= 0.6 is 0 Å². The number of piperidine rings is 1. The van der Waals surface area contributed by atoms with E-state index in [1.807, 2.05) is 18.2 Å². The first kappa shape index (κ1) is 27.8. The molecule has 1 aromatic carbocycles. The summed E-state index contributed by atoms with van der Waals surface area (Å²) in [6.45, 7) is 2.63. The highest BCUT2D eigenvalue weighted by Crippen LogP contribution is 2.36. The maximum atomic E-state index is 13.7. The quantitative estimate of drug-likeness (QED) is 0.467. The number of allylic oxidation sites excluding steroid dienone is 4. The Morgan fingerprint density at radius 1 is 1.08 bits per heavy atom. The van der Waals surface area contributed by atoms with E-state index in [4.69, 9.17) is 15.2 Å². The lowest BCUT2D eigenvalue weighted by Crippen LogP contribution is -2.57. The highest BCUT2D eigenvalue weighted by molar-refractivity contribution is 7.97. The van der Waals surface area contributed by atoms with Crippen LogP contribution in [0, 0.1) is 0 Å². The molecule has 1 amide bonds. The molecule has 202 valence electrons. The first-order valence-corrected chi connectivity index (χ1v) is 14.3. The van der Waals surface area contributed by atoms with E-state index < -0.39 is 20.5 Å². The normalized spacial score (nSPS) is 17.8. The SMILES string of the molecule is COCCN1CCC(C(N)=O)(S(=O)(=O)C2=CC=C(OCCc3cccc(-c4ccncc4)c3)CC=C2)CC1. The molecule has 1 aromatic heterocycles. The minimum atomic E-state index is -3.99. The number of hydrogen-bond acceptors (Lipinski definition) is 7. The monoisotopic (exact) mass is 537 g/mol. The van der Waals surface area contributed by atoms with Crippen molar-refractivity contribution in [3.63, 3.8) is 0 Å². The Morgan fingerprint density at radius 2 is 1.84 bits per heavy atom. The molecule has 2 aliphatic rings. The largest absolute Gasteiger partial charge is 0.497 e. The highest BCUT2D eigenvalue weighted by Gasteiger charge is 2.52. The molecular weight excluding hydrogens is 502 g/mol. The molecule has 2 heterocycles. The van der Waals surface area contributed by atoms with Crippen molar-refractivity contribution in [2.75, 3.05) is 40.0 Å². The van der Waals surface area contributed by atoms with Gasteiger partial charge in [-0.05, 0) is 59.9 Å². The van der Waals surface area contributed by atoms with Crippen molar-refractivity contribution in [1.82, 2.24) is 9.88 Å². The number of methoxy groups -OCH3 is 1. The van der Waals surface area contributed by atoms with Crippen molar-refractivity contribution in [2.24, 2.45) is 5.73 Å². The maximum absolute atomic E-state index is 13.7. The average Bonchev–Trinajstić information content (AvgIpc) is 3.19. The van der Waals surface area contributed by atoms with E-state index in [0.717, 1.165) is 16.7 Å². The third kappa shape index (κ3) is 6.23. The molecule has 1 saturated heterocycles. The number of carbonyl (C=O) groups is 1. The number of aromatic nitrogens is 1. The number of pyridine rings is 1. The number of rotatable bonds is 11. The van der Waals surface area contributed by atoms with E-state index >= 15 is 0 Å². The Kier molecular flexibility index (Phi) is 9.14. The van der Waals surface area contributed by atoms with Crippen molar-refractivity contribution in [3.05, 3.63) is 89.3 Å². The summed E-state index contributed by atoms with van der Waals surface area (Å²) in [6, 6.07) is 12.2. The lowest BCUT2D eigenvalue weighted by Gasteiger charge is -2.39. The van der Waals surface area contributed by atoms with Crippen LogP contribution in [0.1, 0.15) is 24.8 Å². The minimum absolute atomic E-state index is 0.0882. The molecule has 2 aromatic rings. The number of nitrogens with two attached hydrogens (primary N) is 1. The summed E-state index contributed by atoms with van der Waals surface area (Å²) in [6.07, 6.45) is 11.6. The van der Waals surface area contributed by atoms with Crippen molar-refractivity contribution in [3.8, 4) is 11.1 Å². The van der Waals surface area contributed by atoms with E-state index in [9.17, 15) is 13.2 Å². The number of hydrogen-bond donors (Lipinski definition) is 1. The van der Waals surface area contributed by atoms with Gasteiger partial charge in [-0.1, -0.05) is 30.3 Å². The smallest absolute Gasteiger partial charge is 0.239 e. The lowest BCUT2D eigenvalue weighted by molar-refractivity contribution is -0.121. The van der Waals surface area contributed by atoms with Gasteiger partial charge in [-0.25, -0.2) is 8.42 Å². The third-order valence-electron chi connectivity index (χ3n) is 7.20. The van der Waals surface area contributed by atoms with Crippen LogP contribution < -0.4 is 5.73 Å². The fourth-order valence-corrected chi connectivity index (χ4v) is 6.82. The van der Waals surface area contributed by atoms with Gasteiger partial charge in [0.1, 0.15) is 0 Å². The van der Waals surface area contributed by atoms with E-state index in [2.05, 4.69) is 28.1 Å². The van der Waals surface area contributed by atoms with E-state index in [0.29, 0.717) is 51.4 Å². The summed E-state index contributed by atoms with van der Waals surface area (Å²) in [5.41, 5.74) is 9.08. The number of sulfone groups is 1. The van der Waals surface area contributed by atoms with Gasteiger partial charge in [-0.3, -0.25) is 9.78 Å². The zero-order valence-electron chi connectivity index (χ0n) is 21.7. The summed E-state index contributed by atoms with van der Waals surface area (Å²) >= 11 is 0. The summed E-state index contributed by atoms with van der Waals surface area (Å²) in [5, 5.41) is 0. The highest BCUT2D eigenvalue weighted by atomic mass is 32.2. The molecule has 1 aliphatic heterocycles. The molecule has 1 aliphatic carbocycles. The van der Waals surface area contributed by atoms with Gasteiger partial charge >= 0.3 is 0 Å². The summed E-state index contributed by atoms with van der Waals surface area (Å²) < 4.78 is 36.9. The lowest BCUT2D eigenvalue weighted by atomic mass is 9.95. The maximum Gasteiger partial charge on any atom is 0.239 e. The van der Waals surface area contributed by atoms with E-state index in [1.165, 1.54) is 6.08 Å². The third-order valence-corrected chi connectivity index (χ3v) is 9.73. The van der Waals surface area contributed by atoms with Gasteiger partial charge < -0.3 is 20.1 Å². The first-order chi connectivity index (χ1) is 18.4. The fourth-order valence-electron chi connectivity index (χ4n) is 4.86. The number of nitrogens with zero attached hydrogens (tertiary/aromatic N) is 2. The van der Waals surface area contributed by atoms with Crippen LogP contribution in [0.25, 0.3) is 11.1 Å². The fraction of sp³-hybridized carbons (Fsp3) is 0.379. The molecule has 2 N–H and O–H groups in total. The Morgan fingerprint density at radius 3 is 2.55 bits per heavy atom. The molecule has 9 heteroatoms. The average molecular weight is 538 g/mol. The molecule has 0 saturated carbocycles. The summed E-state index contributed by atoms with van der Waals surface area (Å²) in [4.78, 5) is 18.8. The Hall–Kier alpha value is -3.27. The van der Waals surface area contributed by atoms with Crippen LogP contribution in [0.5, 0.6) is 0 Å². The van der Waals surface area contributed by atoms with Crippen molar-refractivity contribution >= 4 is 15.7 Å². The summed E-state index contributed by atoms with van der Waals surface area (Å²) in [7, 11) is -2.37. The topological polar surface area (TPSA) is 112 Å². The standard InChI is InChI=1S/C29H35N3O5S/c1-36-21-19-32-17-13-29(14-18-32,28(30)33)38(34,35)27-7-3-6-26(8-9-27)37-20-12-23-4-2-5-25(22-23)24-10-15-31-16-11-24/h2-5,7-11,15-16,22H,6,12-14,17-21H2,1H3,(H2,30,33). The second kappa shape index (κ2) is 12.5. The number of carbonyl (C=O) groups excluding carboxylic acids is 1. The van der Waals surface area contributed by atoms with Crippen molar-refractivity contribution in [2.45, 2.75) is 30.4 Å².